The number of nitrogens with zero attached hydrogens (tertiary/aromatic N) is 1. The Labute approximate surface area is 147 Å². The summed E-state index contributed by atoms with van der Waals surface area (Å²) >= 11 is 6.14. The van der Waals surface area contributed by atoms with Crippen LogP contribution >= 0.6 is 11.6 Å². The predicted molar refractivity (Wildman–Crippen MR) is 98.8 cm³/mol. The van der Waals surface area contributed by atoms with Crippen LogP contribution in [0.5, 0.6) is 0 Å². The molecular weight excluding hydrogens is 327 g/mol. The van der Waals surface area contributed by atoms with E-state index in [1.807, 2.05) is 25.2 Å². The maximum absolute atomic E-state index is 13.2. The van der Waals surface area contributed by atoms with Gasteiger partial charge in [-0.05, 0) is 49.6 Å². The molecule has 0 radical (unpaired) electrons. The van der Waals surface area contributed by atoms with Crippen LogP contribution in [0, 0.1) is 0 Å². The van der Waals surface area contributed by atoms with Crippen molar-refractivity contribution in [1.29, 1.82) is 0 Å². The highest BCUT2D eigenvalue weighted by Crippen LogP contribution is 2.32. The molecule has 0 aromatic heterocycles. The Morgan fingerprint density at radius 2 is 2.29 bits per heavy atom. The molecule has 3 nitrogen and oxygen atoms in total. The number of allylic oxidation sites excluding steroid dienone is 3. The average molecular weight is 349 g/mol. The second-order valence-electron chi connectivity index (χ2n) is 5.60. The Balaban J connectivity index is 2.29. The lowest BCUT2D eigenvalue weighted by molar-refractivity contribution is -0.119. The third-order valence-corrected chi connectivity index (χ3v) is 4.36. The summed E-state index contributed by atoms with van der Waals surface area (Å²) in [4.78, 5) is 13.0. The average Bonchev–Trinajstić information content (AvgIpc) is 2.61. The summed E-state index contributed by atoms with van der Waals surface area (Å²) in [6.45, 7) is 2.28. The van der Waals surface area contributed by atoms with E-state index in [0.29, 0.717) is 18.0 Å². The predicted octanol–water partition coefficient (Wildman–Crippen LogP) is 4.82. The van der Waals surface area contributed by atoms with E-state index >= 15 is 0 Å². The molecule has 1 amide bonds. The highest BCUT2D eigenvalue weighted by molar-refractivity contribution is 6.30. The molecule has 1 heterocycles. The van der Waals surface area contributed by atoms with Gasteiger partial charge in [0, 0.05) is 29.9 Å². The number of anilines is 1. The highest BCUT2D eigenvalue weighted by Gasteiger charge is 2.21. The molecule has 0 spiro atoms. The molecule has 24 heavy (non-hydrogen) atoms. The SMILES string of the molecule is C/C=C(F)\C=C/CC1C=C(c2cc(Cl)ccc2NC)CCN1C=O. The number of nitrogens with one attached hydrogen (secondary N) is 1. The molecule has 2 rings (SSSR count). The van der Waals surface area contributed by atoms with Crippen LogP contribution < -0.4 is 5.32 Å². The molecule has 0 bridgehead atoms. The zero-order chi connectivity index (χ0) is 17.5. The van der Waals surface area contributed by atoms with Crippen molar-refractivity contribution in [2.45, 2.75) is 25.8 Å². The maximum atomic E-state index is 13.2. The second-order valence-corrected chi connectivity index (χ2v) is 6.04. The normalized spacial score (nSPS) is 18.7. The summed E-state index contributed by atoms with van der Waals surface area (Å²) in [7, 11) is 1.87. The summed E-state index contributed by atoms with van der Waals surface area (Å²) in [5.41, 5.74) is 3.19. The standard InChI is InChI=1S/C19H22ClFN2O/c1-3-16(21)5-4-6-17-11-14(9-10-23(17)13-24)18-12-15(20)7-8-19(18)22-2/h3-5,7-8,11-13,17,22H,6,9-10H2,1-2H3/b5-4-,16-3+. The van der Waals surface area contributed by atoms with E-state index in [2.05, 4.69) is 11.4 Å². The van der Waals surface area contributed by atoms with E-state index < -0.39 is 0 Å². The van der Waals surface area contributed by atoms with E-state index in [1.165, 1.54) is 12.2 Å². The zero-order valence-electron chi connectivity index (χ0n) is 13.9. The molecule has 1 atom stereocenters. The van der Waals surface area contributed by atoms with Crippen molar-refractivity contribution in [2.75, 3.05) is 18.9 Å². The molecule has 1 N–H and O–H groups in total. The van der Waals surface area contributed by atoms with Gasteiger partial charge in [0.25, 0.3) is 0 Å². The Morgan fingerprint density at radius 1 is 1.50 bits per heavy atom. The Bertz CT molecular complexity index is 682. The number of amides is 1. The van der Waals surface area contributed by atoms with Crippen LogP contribution in [0.3, 0.4) is 0 Å². The summed E-state index contributed by atoms with van der Waals surface area (Å²) in [5.74, 6) is -0.278. The minimum Gasteiger partial charge on any atom is -0.388 e. The van der Waals surface area contributed by atoms with Crippen molar-refractivity contribution in [2.24, 2.45) is 0 Å². The van der Waals surface area contributed by atoms with Crippen molar-refractivity contribution in [3.8, 4) is 0 Å². The van der Waals surface area contributed by atoms with Crippen molar-refractivity contribution >= 4 is 29.3 Å². The number of hydrogen-bond donors (Lipinski definition) is 1. The second kappa shape index (κ2) is 8.69. The number of carbonyl (C=O) groups excluding carboxylic acids is 1. The fourth-order valence-electron chi connectivity index (χ4n) is 2.80. The van der Waals surface area contributed by atoms with Gasteiger partial charge in [0.2, 0.25) is 6.41 Å². The van der Waals surface area contributed by atoms with Crippen molar-refractivity contribution in [3.63, 3.8) is 0 Å². The van der Waals surface area contributed by atoms with Crippen LogP contribution in [0.4, 0.5) is 10.1 Å². The first-order valence-corrected chi connectivity index (χ1v) is 8.34. The Hall–Kier alpha value is -2.07. The minimum atomic E-state index is -0.278. The molecule has 1 unspecified atom stereocenters. The molecule has 0 fully saturated rings. The molecule has 0 aliphatic carbocycles. The van der Waals surface area contributed by atoms with E-state index in [9.17, 15) is 9.18 Å². The van der Waals surface area contributed by atoms with Gasteiger partial charge in [0.1, 0.15) is 5.83 Å². The van der Waals surface area contributed by atoms with Crippen LogP contribution in [0.2, 0.25) is 5.02 Å². The van der Waals surface area contributed by atoms with Crippen LogP contribution in [-0.4, -0.2) is 30.9 Å². The number of benzene rings is 1. The number of halogens is 2. The minimum absolute atomic E-state index is 0.0872. The molecule has 0 saturated carbocycles. The number of hydrogen-bond acceptors (Lipinski definition) is 2. The quantitative estimate of drug-likeness (QED) is 0.590. The Kier molecular flexibility index (Phi) is 6.62. The Morgan fingerprint density at radius 3 is 2.96 bits per heavy atom. The first-order chi connectivity index (χ1) is 11.6. The zero-order valence-corrected chi connectivity index (χ0v) is 14.7. The van der Waals surface area contributed by atoms with Crippen molar-refractivity contribution in [3.05, 3.63) is 58.9 Å². The largest absolute Gasteiger partial charge is 0.388 e. The number of rotatable bonds is 6. The van der Waals surface area contributed by atoms with Gasteiger partial charge in [-0.3, -0.25) is 4.79 Å². The van der Waals surface area contributed by atoms with E-state index in [1.54, 1.807) is 17.9 Å². The van der Waals surface area contributed by atoms with Gasteiger partial charge in [-0.25, -0.2) is 4.39 Å². The fourth-order valence-corrected chi connectivity index (χ4v) is 2.97. The van der Waals surface area contributed by atoms with E-state index in [0.717, 1.165) is 29.7 Å². The molecule has 1 aromatic rings. The summed E-state index contributed by atoms with van der Waals surface area (Å²) in [6.07, 6.45) is 8.85. The monoisotopic (exact) mass is 348 g/mol. The lowest BCUT2D eigenvalue weighted by Crippen LogP contribution is -2.36. The van der Waals surface area contributed by atoms with Gasteiger partial charge >= 0.3 is 0 Å². The molecule has 5 heteroatoms. The number of carbonyl (C=O) groups is 1. The van der Waals surface area contributed by atoms with Crippen LogP contribution in [0.15, 0.2) is 48.3 Å². The summed E-state index contributed by atoms with van der Waals surface area (Å²) in [5, 5.41) is 3.85. The molecule has 128 valence electrons. The van der Waals surface area contributed by atoms with Gasteiger partial charge < -0.3 is 10.2 Å². The van der Waals surface area contributed by atoms with Gasteiger partial charge in [0.05, 0.1) is 6.04 Å². The third-order valence-electron chi connectivity index (χ3n) is 4.12. The summed E-state index contributed by atoms with van der Waals surface area (Å²) in [6, 6.07) is 5.64. The molecule has 1 aliphatic rings. The van der Waals surface area contributed by atoms with Gasteiger partial charge in [0.15, 0.2) is 0 Å². The lowest BCUT2D eigenvalue weighted by atomic mass is 9.93. The van der Waals surface area contributed by atoms with Gasteiger partial charge in [-0.15, -0.1) is 0 Å². The van der Waals surface area contributed by atoms with Crippen LogP contribution in [0.25, 0.3) is 5.57 Å². The van der Waals surface area contributed by atoms with Crippen molar-refractivity contribution in [1.82, 2.24) is 4.90 Å². The van der Waals surface area contributed by atoms with Gasteiger partial charge in [-0.2, -0.15) is 0 Å². The fraction of sp³-hybridized carbons (Fsp3) is 0.316. The van der Waals surface area contributed by atoms with Gasteiger partial charge in [-0.1, -0.05) is 29.8 Å². The highest BCUT2D eigenvalue weighted by atomic mass is 35.5. The molecular formula is C19H22ClFN2O. The van der Waals surface area contributed by atoms with Crippen molar-refractivity contribution < 1.29 is 9.18 Å². The maximum Gasteiger partial charge on any atom is 0.210 e. The summed E-state index contributed by atoms with van der Waals surface area (Å²) < 4.78 is 13.2. The smallest absolute Gasteiger partial charge is 0.210 e. The van der Waals surface area contributed by atoms with Crippen LogP contribution in [0.1, 0.15) is 25.3 Å². The van der Waals surface area contributed by atoms with Crippen LogP contribution in [-0.2, 0) is 4.79 Å². The first-order valence-electron chi connectivity index (χ1n) is 7.96. The molecule has 1 aromatic carbocycles. The topological polar surface area (TPSA) is 32.3 Å². The molecule has 0 saturated heterocycles. The molecule has 1 aliphatic heterocycles. The third kappa shape index (κ3) is 4.48. The lowest BCUT2D eigenvalue weighted by Gasteiger charge is -2.31. The van der Waals surface area contributed by atoms with E-state index in [-0.39, 0.29) is 11.9 Å². The first kappa shape index (κ1) is 18.3. The van der Waals surface area contributed by atoms with E-state index in [4.69, 9.17) is 11.6 Å².